The largest absolute Gasteiger partial charge is 0.374 e. The molecule has 1 saturated carbocycles. The molecule has 0 N–H and O–H groups in total. The van der Waals surface area contributed by atoms with Gasteiger partial charge in [0.1, 0.15) is 0 Å². The van der Waals surface area contributed by atoms with Crippen LogP contribution in [-0.2, 0) is 11.2 Å². The summed E-state index contributed by atoms with van der Waals surface area (Å²) in [5, 5.41) is 0. The lowest BCUT2D eigenvalue weighted by molar-refractivity contribution is 0.0245. The number of rotatable bonds is 8. The molecule has 1 aliphatic carbocycles. The van der Waals surface area contributed by atoms with Crippen LogP contribution in [0.4, 0.5) is 0 Å². The van der Waals surface area contributed by atoms with Gasteiger partial charge in [-0.15, -0.1) is 6.58 Å². The summed E-state index contributed by atoms with van der Waals surface area (Å²) in [6, 6.07) is 9.54. The Balaban J connectivity index is 1.41. The van der Waals surface area contributed by atoms with Crippen LogP contribution in [0.2, 0.25) is 0 Å². The second-order valence-electron chi connectivity index (χ2n) is 8.64. The van der Waals surface area contributed by atoms with E-state index in [0.29, 0.717) is 5.92 Å². The van der Waals surface area contributed by atoms with E-state index < -0.39 is 0 Å². The quantitative estimate of drug-likeness (QED) is 0.348. The summed E-state index contributed by atoms with van der Waals surface area (Å²) in [5.41, 5.74) is 3.07. The van der Waals surface area contributed by atoms with E-state index in [1.54, 1.807) is 5.56 Å². The van der Waals surface area contributed by atoms with Gasteiger partial charge in [-0.25, -0.2) is 0 Å². The lowest BCUT2D eigenvalue weighted by Gasteiger charge is -2.28. The number of unbranched alkanes of at least 4 members (excludes halogenated alkanes) is 2. The van der Waals surface area contributed by atoms with Crippen LogP contribution >= 0.6 is 0 Å². The molecule has 1 saturated heterocycles. The first kappa shape index (κ1) is 20.4. The molecule has 2 atom stereocenters. The standard InChI is InChI=1S/C26H38O/c1-3-5-6-7-21-10-15-24(16-11-21)25-17-12-22(13-18-25)8-9-23-14-19-26(4-2)27-20-23/h4,8-11,15-16,22-23,25-26H,2-3,5-7,12-14,17-20H2,1H3/b9-8+. The van der Waals surface area contributed by atoms with E-state index in [4.69, 9.17) is 4.74 Å². The molecule has 2 unspecified atom stereocenters. The molecule has 3 rings (SSSR count). The summed E-state index contributed by atoms with van der Waals surface area (Å²) in [6.07, 6.45) is 20.1. The lowest BCUT2D eigenvalue weighted by atomic mass is 9.78. The maximum atomic E-state index is 5.83. The smallest absolute Gasteiger partial charge is 0.0753 e. The number of allylic oxidation sites excluding steroid dienone is 1. The molecule has 2 fully saturated rings. The predicted octanol–water partition coefficient (Wildman–Crippen LogP) is 7.23. The Morgan fingerprint density at radius 2 is 1.63 bits per heavy atom. The van der Waals surface area contributed by atoms with Gasteiger partial charge in [0, 0.05) is 5.92 Å². The Hall–Kier alpha value is -1.34. The zero-order valence-electron chi connectivity index (χ0n) is 17.2. The number of benzene rings is 1. The third-order valence-electron chi connectivity index (χ3n) is 6.56. The van der Waals surface area contributed by atoms with E-state index in [-0.39, 0.29) is 6.10 Å². The zero-order chi connectivity index (χ0) is 18.9. The number of aryl methyl sites for hydroxylation is 1. The highest BCUT2D eigenvalue weighted by molar-refractivity contribution is 5.26. The van der Waals surface area contributed by atoms with Crippen molar-refractivity contribution < 1.29 is 4.74 Å². The lowest BCUT2D eigenvalue weighted by Crippen LogP contribution is -2.23. The van der Waals surface area contributed by atoms with E-state index >= 15 is 0 Å². The Morgan fingerprint density at radius 3 is 2.26 bits per heavy atom. The van der Waals surface area contributed by atoms with Crippen molar-refractivity contribution in [3.05, 3.63) is 60.2 Å². The topological polar surface area (TPSA) is 9.23 Å². The molecule has 1 aromatic carbocycles. The predicted molar refractivity (Wildman–Crippen MR) is 116 cm³/mol. The second-order valence-corrected chi connectivity index (χ2v) is 8.64. The second kappa shape index (κ2) is 10.9. The van der Waals surface area contributed by atoms with Gasteiger partial charge in [0.15, 0.2) is 0 Å². The fourth-order valence-electron chi connectivity index (χ4n) is 4.62. The van der Waals surface area contributed by atoms with Gasteiger partial charge < -0.3 is 4.74 Å². The normalized spacial score (nSPS) is 29.1. The van der Waals surface area contributed by atoms with Gasteiger partial charge in [0.2, 0.25) is 0 Å². The molecule has 0 amide bonds. The maximum Gasteiger partial charge on any atom is 0.0753 e. The Morgan fingerprint density at radius 1 is 0.926 bits per heavy atom. The van der Waals surface area contributed by atoms with Gasteiger partial charge in [0.25, 0.3) is 0 Å². The monoisotopic (exact) mass is 366 g/mol. The molecule has 1 heterocycles. The van der Waals surface area contributed by atoms with Crippen LogP contribution in [0.3, 0.4) is 0 Å². The zero-order valence-corrected chi connectivity index (χ0v) is 17.2. The average Bonchev–Trinajstić information content (AvgIpc) is 2.74. The molecule has 27 heavy (non-hydrogen) atoms. The Labute approximate surface area is 166 Å². The van der Waals surface area contributed by atoms with E-state index in [2.05, 4.69) is 49.9 Å². The summed E-state index contributed by atoms with van der Waals surface area (Å²) < 4.78 is 5.83. The first-order chi connectivity index (χ1) is 13.3. The maximum absolute atomic E-state index is 5.83. The van der Waals surface area contributed by atoms with Crippen molar-refractivity contribution in [2.45, 2.75) is 83.2 Å². The van der Waals surface area contributed by atoms with Gasteiger partial charge in [-0.3, -0.25) is 0 Å². The van der Waals surface area contributed by atoms with Crippen molar-refractivity contribution >= 4 is 0 Å². The van der Waals surface area contributed by atoms with Crippen LogP contribution in [0.5, 0.6) is 0 Å². The molecule has 1 aromatic rings. The highest BCUT2D eigenvalue weighted by Crippen LogP contribution is 2.36. The van der Waals surface area contributed by atoms with E-state index in [0.717, 1.165) is 24.9 Å². The molecule has 0 spiro atoms. The van der Waals surface area contributed by atoms with Crippen LogP contribution in [0.25, 0.3) is 0 Å². The molecule has 1 nitrogen and oxygen atoms in total. The van der Waals surface area contributed by atoms with Gasteiger partial charge in [0.05, 0.1) is 12.7 Å². The third kappa shape index (κ3) is 6.35. The molecule has 1 aliphatic heterocycles. The molecule has 1 heteroatoms. The van der Waals surface area contributed by atoms with Gasteiger partial charge >= 0.3 is 0 Å². The number of hydrogen-bond acceptors (Lipinski definition) is 1. The summed E-state index contributed by atoms with van der Waals surface area (Å²) in [4.78, 5) is 0. The van der Waals surface area contributed by atoms with Crippen LogP contribution in [0.15, 0.2) is 49.1 Å². The highest BCUT2D eigenvalue weighted by Gasteiger charge is 2.22. The van der Waals surface area contributed by atoms with Crippen LogP contribution in [-0.4, -0.2) is 12.7 Å². The van der Waals surface area contributed by atoms with Crippen LogP contribution in [0.1, 0.15) is 81.8 Å². The molecule has 0 radical (unpaired) electrons. The fraction of sp³-hybridized carbons (Fsp3) is 0.615. The molecular formula is C26H38O. The number of hydrogen-bond donors (Lipinski definition) is 0. The van der Waals surface area contributed by atoms with Crippen molar-refractivity contribution in [1.82, 2.24) is 0 Å². The minimum Gasteiger partial charge on any atom is -0.374 e. The first-order valence-corrected chi connectivity index (χ1v) is 11.3. The highest BCUT2D eigenvalue weighted by atomic mass is 16.5. The first-order valence-electron chi connectivity index (χ1n) is 11.3. The van der Waals surface area contributed by atoms with Gasteiger partial charge in [-0.1, -0.05) is 62.3 Å². The van der Waals surface area contributed by atoms with E-state index in [9.17, 15) is 0 Å². The summed E-state index contributed by atoms with van der Waals surface area (Å²) in [7, 11) is 0. The van der Waals surface area contributed by atoms with Crippen molar-refractivity contribution in [3.63, 3.8) is 0 Å². The fourth-order valence-corrected chi connectivity index (χ4v) is 4.62. The molecule has 148 valence electrons. The van der Waals surface area contributed by atoms with Crippen molar-refractivity contribution in [2.24, 2.45) is 11.8 Å². The van der Waals surface area contributed by atoms with E-state index in [1.807, 2.05) is 6.08 Å². The summed E-state index contributed by atoms with van der Waals surface area (Å²) in [5.74, 6) is 2.15. The van der Waals surface area contributed by atoms with E-state index in [1.165, 1.54) is 63.4 Å². The number of ether oxygens (including phenoxy) is 1. The molecular weight excluding hydrogens is 328 g/mol. The van der Waals surface area contributed by atoms with Crippen LogP contribution in [0, 0.1) is 11.8 Å². The molecule has 0 aromatic heterocycles. The average molecular weight is 367 g/mol. The van der Waals surface area contributed by atoms with Gasteiger partial charge in [-0.2, -0.15) is 0 Å². The van der Waals surface area contributed by atoms with Crippen molar-refractivity contribution in [2.75, 3.05) is 6.61 Å². The third-order valence-corrected chi connectivity index (χ3v) is 6.56. The minimum absolute atomic E-state index is 0.281. The van der Waals surface area contributed by atoms with Crippen LogP contribution < -0.4 is 0 Å². The minimum atomic E-state index is 0.281. The summed E-state index contributed by atoms with van der Waals surface area (Å²) >= 11 is 0. The Bertz CT molecular complexity index is 569. The molecule has 2 aliphatic rings. The molecule has 0 bridgehead atoms. The summed E-state index contributed by atoms with van der Waals surface area (Å²) in [6.45, 7) is 6.98. The SMILES string of the molecule is C=CC1CCC(/C=C/C2CCC(c3ccc(CCCCC)cc3)CC2)CO1. The van der Waals surface area contributed by atoms with Gasteiger partial charge in [-0.05, 0) is 74.3 Å². The Kier molecular flexibility index (Phi) is 8.20. The van der Waals surface area contributed by atoms with Crippen molar-refractivity contribution in [1.29, 1.82) is 0 Å². The van der Waals surface area contributed by atoms with Crippen molar-refractivity contribution in [3.8, 4) is 0 Å².